The summed E-state index contributed by atoms with van der Waals surface area (Å²) in [7, 11) is 0. The summed E-state index contributed by atoms with van der Waals surface area (Å²) in [6.45, 7) is 2.19. The second kappa shape index (κ2) is 5.75. The standard InChI is InChI=1S/C14H13FN2OS/c1-9-3-2-4-10(17-9)8-18-11-5-6-12(14(16)19)13(15)7-11/h2-7H,8H2,1H3,(H2,16,19). The van der Waals surface area contributed by atoms with Crippen molar-refractivity contribution < 1.29 is 9.13 Å². The molecule has 0 saturated carbocycles. The Morgan fingerprint density at radius 2 is 2.16 bits per heavy atom. The van der Waals surface area contributed by atoms with Gasteiger partial charge in [-0.05, 0) is 31.2 Å². The summed E-state index contributed by atoms with van der Waals surface area (Å²) in [5, 5.41) is 0. The third-order valence-corrected chi connectivity index (χ3v) is 2.76. The molecule has 2 aromatic rings. The molecule has 0 spiro atoms. The van der Waals surface area contributed by atoms with Gasteiger partial charge in [-0.1, -0.05) is 18.3 Å². The van der Waals surface area contributed by atoms with Gasteiger partial charge in [0.15, 0.2) is 0 Å². The van der Waals surface area contributed by atoms with Crippen molar-refractivity contribution in [2.75, 3.05) is 0 Å². The number of hydrogen-bond donors (Lipinski definition) is 1. The molecule has 0 aliphatic heterocycles. The van der Waals surface area contributed by atoms with Gasteiger partial charge < -0.3 is 10.5 Å². The van der Waals surface area contributed by atoms with Crippen LogP contribution in [0.5, 0.6) is 5.75 Å². The minimum atomic E-state index is -0.484. The number of pyridine rings is 1. The zero-order chi connectivity index (χ0) is 13.8. The van der Waals surface area contributed by atoms with Crippen molar-refractivity contribution in [1.29, 1.82) is 0 Å². The Hall–Kier alpha value is -2.01. The SMILES string of the molecule is Cc1cccc(COc2ccc(C(N)=S)c(F)c2)n1. The van der Waals surface area contributed by atoms with Crippen LogP contribution in [0.3, 0.4) is 0 Å². The van der Waals surface area contributed by atoms with E-state index < -0.39 is 5.82 Å². The predicted molar refractivity (Wildman–Crippen MR) is 75.6 cm³/mol. The molecule has 0 unspecified atom stereocenters. The Kier molecular flexibility index (Phi) is 4.06. The monoisotopic (exact) mass is 276 g/mol. The number of aromatic nitrogens is 1. The van der Waals surface area contributed by atoms with Crippen LogP contribution in [-0.4, -0.2) is 9.97 Å². The van der Waals surface area contributed by atoms with Gasteiger partial charge in [-0.15, -0.1) is 0 Å². The maximum absolute atomic E-state index is 13.6. The fraction of sp³-hybridized carbons (Fsp3) is 0.143. The van der Waals surface area contributed by atoms with E-state index in [0.717, 1.165) is 11.4 Å². The average Bonchev–Trinajstić information content (AvgIpc) is 2.36. The number of hydrogen-bond acceptors (Lipinski definition) is 3. The molecule has 98 valence electrons. The molecule has 0 radical (unpaired) electrons. The van der Waals surface area contributed by atoms with Crippen molar-refractivity contribution in [3.8, 4) is 5.75 Å². The van der Waals surface area contributed by atoms with Crippen molar-refractivity contribution in [2.24, 2.45) is 5.73 Å². The number of nitrogens with two attached hydrogens (primary N) is 1. The first-order chi connectivity index (χ1) is 9.06. The number of benzene rings is 1. The molecule has 19 heavy (non-hydrogen) atoms. The number of rotatable bonds is 4. The molecule has 1 heterocycles. The van der Waals surface area contributed by atoms with Crippen LogP contribution in [-0.2, 0) is 6.61 Å². The quantitative estimate of drug-likeness (QED) is 0.872. The van der Waals surface area contributed by atoms with Gasteiger partial charge in [-0.25, -0.2) is 4.39 Å². The molecule has 0 saturated heterocycles. The molecular formula is C14H13FN2OS. The van der Waals surface area contributed by atoms with Gasteiger partial charge in [0.2, 0.25) is 0 Å². The van der Waals surface area contributed by atoms with Crippen LogP contribution < -0.4 is 10.5 Å². The van der Waals surface area contributed by atoms with Gasteiger partial charge >= 0.3 is 0 Å². The van der Waals surface area contributed by atoms with Gasteiger partial charge in [0.25, 0.3) is 0 Å². The Labute approximate surface area is 116 Å². The summed E-state index contributed by atoms with van der Waals surface area (Å²) in [6.07, 6.45) is 0. The molecule has 0 amide bonds. The molecule has 0 fully saturated rings. The molecule has 0 bridgehead atoms. The lowest BCUT2D eigenvalue weighted by atomic mass is 10.2. The molecular weight excluding hydrogens is 263 g/mol. The van der Waals surface area contributed by atoms with E-state index in [2.05, 4.69) is 4.98 Å². The van der Waals surface area contributed by atoms with E-state index in [4.69, 9.17) is 22.7 Å². The van der Waals surface area contributed by atoms with Crippen LogP contribution in [0.15, 0.2) is 36.4 Å². The second-order valence-corrected chi connectivity index (χ2v) is 4.50. The molecule has 0 aliphatic carbocycles. The zero-order valence-electron chi connectivity index (χ0n) is 10.4. The molecule has 3 nitrogen and oxygen atoms in total. The van der Waals surface area contributed by atoms with Crippen LogP contribution in [0.2, 0.25) is 0 Å². The third-order valence-electron chi connectivity index (χ3n) is 2.54. The van der Waals surface area contributed by atoms with Crippen molar-refractivity contribution in [2.45, 2.75) is 13.5 Å². The lowest BCUT2D eigenvalue weighted by molar-refractivity contribution is 0.299. The van der Waals surface area contributed by atoms with Gasteiger partial charge in [-0.2, -0.15) is 0 Å². The summed E-state index contributed by atoms with van der Waals surface area (Å²) in [6, 6.07) is 10.1. The highest BCUT2D eigenvalue weighted by Crippen LogP contribution is 2.17. The number of nitrogens with zero attached hydrogens (tertiary/aromatic N) is 1. The Bertz CT molecular complexity index is 616. The van der Waals surface area contributed by atoms with Crippen LogP contribution in [0.25, 0.3) is 0 Å². The summed E-state index contributed by atoms with van der Waals surface area (Å²) in [5.74, 6) is -0.0667. The Morgan fingerprint density at radius 3 is 2.79 bits per heavy atom. The molecule has 2 rings (SSSR count). The van der Waals surface area contributed by atoms with E-state index in [1.54, 1.807) is 6.07 Å². The minimum Gasteiger partial charge on any atom is -0.487 e. The zero-order valence-corrected chi connectivity index (χ0v) is 11.2. The maximum Gasteiger partial charge on any atom is 0.137 e. The molecule has 1 aromatic carbocycles. The van der Waals surface area contributed by atoms with E-state index in [0.29, 0.717) is 5.75 Å². The first-order valence-corrected chi connectivity index (χ1v) is 6.12. The van der Waals surface area contributed by atoms with Crippen molar-refractivity contribution in [3.63, 3.8) is 0 Å². The maximum atomic E-state index is 13.6. The van der Waals surface area contributed by atoms with Crippen LogP contribution >= 0.6 is 12.2 Å². The van der Waals surface area contributed by atoms with Gasteiger partial charge in [0, 0.05) is 17.3 Å². The van der Waals surface area contributed by atoms with Gasteiger partial charge in [0.05, 0.1) is 5.69 Å². The third kappa shape index (κ3) is 3.48. The largest absolute Gasteiger partial charge is 0.487 e. The first-order valence-electron chi connectivity index (χ1n) is 5.71. The van der Waals surface area contributed by atoms with E-state index in [1.165, 1.54) is 12.1 Å². The highest BCUT2D eigenvalue weighted by Gasteiger charge is 2.07. The van der Waals surface area contributed by atoms with Crippen LogP contribution in [0, 0.1) is 12.7 Å². The van der Waals surface area contributed by atoms with Crippen LogP contribution in [0.4, 0.5) is 4.39 Å². The van der Waals surface area contributed by atoms with Crippen molar-refractivity contribution in [3.05, 3.63) is 59.2 Å². The van der Waals surface area contributed by atoms with E-state index in [-0.39, 0.29) is 17.2 Å². The number of halogens is 1. The lowest BCUT2D eigenvalue weighted by Crippen LogP contribution is -2.11. The van der Waals surface area contributed by atoms with Crippen LogP contribution in [0.1, 0.15) is 17.0 Å². The highest BCUT2D eigenvalue weighted by atomic mass is 32.1. The number of thiocarbonyl (C=S) groups is 1. The van der Waals surface area contributed by atoms with Crippen molar-refractivity contribution in [1.82, 2.24) is 4.98 Å². The first kappa shape index (κ1) is 13.4. The van der Waals surface area contributed by atoms with Gasteiger partial charge in [0.1, 0.15) is 23.2 Å². The summed E-state index contributed by atoms with van der Waals surface area (Å²) < 4.78 is 19.1. The number of ether oxygens (including phenoxy) is 1. The fourth-order valence-electron chi connectivity index (χ4n) is 1.62. The van der Waals surface area contributed by atoms with Crippen molar-refractivity contribution >= 4 is 17.2 Å². The van der Waals surface area contributed by atoms with E-state index in [9.17, 15) is 4.39 Å². The van der Waals surface area contributed by atoms with Gasteiger partial charge in [-0.3, -0.25) is 4.98 Å². The summed E-state index contributed by atoms with van der Waals surface area (Å²) in [4.78, 5) is 4.33. The topological polar surface area (TPSA) is 48.1 Å². The predicted octanol–water partition coefficient (Wildman–Crippen LogP) is 2.74. The minimum absolute atomic E-state index is 0.0319. The average molecular weight is 276 g/mol. The molecule has 0 atom stereocenters. The number of aryl methyl sites for hydroxylation is 1. The smallest absolute Gasteiger partial charge is 0.137 e. The fourth-order valence-corrected chi connectivity index (χ4v) is 1.79. The molecule has 5 heteroatoms. The normalized spacial score (nSPS) is 10.2. The molecule has 1 aromatic heterocycles. The van der Waals surface area contributed by atoms with E-state index in [1.807, 2.05) is 25.1 Å². The Balaban J connectivity index is 2.08. The Morgan fingerprint density at radius 1 is 1.37 bits per heavy atom. The molecule has 2 N–H and O–H groups in total. The highest BCUT2D eigenvalue weighted by molar-refractivity contribution is 7.80. The lowest BCUT2D eigenvalue weighted by Gasteiger charge is -2.08. The molecule has 0 aliphatic rings. The van der Waals surface area contributed by atoms with E-state index >= 15 is 0 Å². The summed E-state index contributed by atoms with van der Waals surface area (Å²) >= 11 is 4.74. The summed E-state index contributed by atoms with van der Waals surface area (Å²) in [5.41, 5.74) is 7.31. The second-order valence-electron chi connectivity index (χ2n) is 4.06.